The van der Waals surface area contributed by atoms with Gasteiger partial charge in [0.25, 0.3) is 0 Å². The van der Waals surface area contributed by atoms with Crippen LogP contribution in [-0.4, -0.2) is 122 Å². The SMILES string of the molecule is C=CC(=O)OCC(COCC(COC(=O)C=C)(COC(=O)CCC(=O)O)COC(=O)CCC(=O)O)(COC(=O)C=C)COC(=O)CCC(=O)O. The highest BCUT2D eigenvalue weighted by atomic mass is 16.6. The summed E-state index contributed by atoms with van der Waals surface area (Å²) in [5.41, 5.74) is -3.48. The number of esters is 6. The van der Waals surface area contributed by atoms with E-state index in [1.807, 2.05) is 0 Å². The molecule has 0 radical (unpaired) electrons. The molecule has 19 heteroatoms. The van der Waals surface area contributed by atoms with Gasteiger partial charge in [-0.25, -0.2) is 14.4 Å². The predicted octanol–water partition coefficient (Wildman–Crippen LogP) is 0.387. The Kier molecular flexibility index (Phi) is 21.0. The van der Waals surface area contributed by atoms with Crippen LogP contribution in [0.5, 0.6) is 0 Å². The molecule has 0 bridgehead atoms. The molecule has 3 N–H and O–H groups in total. The van der Waals surface area contributed by atoms with Gasteiger partial charge in [0, 0.05) is 18.2 Å². The maximum absolute atomic E-state index is 12.3. The number of carboxylic acid groups (broad SMARTS) is 3. The van der Waals surface area contributed by atoms with Crippen LogP contribution in [0.25, 0.3) is 0 Å². The van der Waals surface area contributed by atoms with Gasteiger partial charge in [0.2, 0.25) is 0 Å². The first-order valence-electron chi connectivity index (χ1n) is 14.6. The van der Waals surface area contributed by atoms with Crippen LogP contribution in [0.15, 0.2) is 38.0 Å². The van der Waals surface area contributed by atoms with E-state index in [2.05, 4.69) is 19.7 Å². The molecule has 0 aromatic heterocycles. The molecular weight excluding hydrogens is 676 g/mol. The first-order chi connectivity index (χ1) is 23.5. The van der Waals surface area contributed by atoms with Crippen molar-refractivity contribution in [3.63, 3.8) is 0 Å². The Hall–Kier alpha value is -5.59. The quantitative estimate of drug-likeness (QED) is 0.0561. The molecule has 0 aliphatic heterocycles. The third-order valence-electron chi connectivity index (χ3n) is 6.13. The van der Waals surface area contributed by atoms with E-state index in [-0.39, 0.29) is 0 Å². The molecule has 0 aliphatic rings. The predicted molar refractivity (Wildman–Crippen MR) is 163 cm³/mol. The van der Waals surface area contributed by atoms with Crippen molar-refractivity contribution in [1.29, 1.82) is 0 Å². The second-order valence-electron chi connectivity index (χ2n) is 10.6. The highest BCUT2D eigenvalue weighted by Gasteiger charge is 2.40. The standard InChI is InChI=1S/C31H40O19/c1-4-24(38)45-15-30(16-46-25(39)5-2,18-48-27(41)10-7-21(32)33)13-44-14-31(17-47-26(40)6-3,19-49-28(42)11-8-22(34)35)20-50-29(43)12-9-23(36)37/h4-6H,1-3,7-20H2,(H,32,33)(H,34,35)(H,36,37). The van der Waals surface area contributed by atoms with Gasteiger partial charge in [-0.15, -0.1) is 0 Å². The largest absolute Gasteiger partial charge is 0.481 e. The van der Waals surface area contributed by atoms with Crippen molar-refractivity contribution in [3.8, 4) is 0 Å². The highest BCUT2D eigenvalue weighted by molar-refractivity contribution is 5.82. The van der Waals surface area contributed by atoms with Crippen molar-refractivity contribution < 1.29 is 91.6 Å². The minimum Gasteiger partial charge on any atom is -0.481 e. The summed E-state index contributed by atoms with van der Waals surface area (Å²) in [7, 11) is 0. The summed E-state index contributed by atoms with van der Waals surface area (Å²) in [4.78, 5) is 106. The van der Waals surface area contributed by atoms with Crippen LogP contribution in [0.1, 0.15) is 38.5 Å². The molecule has 0 rings (SSSR count). The fraction of sp³-hybridized carbons (Fsp3) is 0.516. The van der Waals surface area contributed by atoms with Gasteiger partial charge < -0.3 is 48.5 Å². The van der Waals surface area contributed by atoms with Gasteiger partial charge in [-0.3, -0.25) is 28.8 Å². The fourth-order valence-corrected chi connectivity index (χ4v) is 3.38. The Morgan fingerprint density at radius 3 is 0.860 bits per heavy atom. The van der Waals surface area contributed by atoms with Gasteiger partial charge in [-0.1, -0.05) is 19.7 Å². The van der Waals surface area contributed by atoms with E-state index < -0.39 is 156 Å². The maximum Gasteiger partial charge on any atom is 0.330 e. The van der Waals surface area contributed by atoms with Crippen molar-refractivity contribution in [1.82, 2.24) is 0 Å². The van der Waals surface area contributed by atoms with Crippen molar-refractivity contribution in [2.45, 2.75) is 38.5 Å². The smallest absolute Gasteiger partial charge is 0.330 e. The lowest BCUT2D eigenvalue weighted by Crippen LogP contribution is -2.47. The molecular formula is C31H40O19. The summed E-state index contributed by atoms with van der Waals surface area (Å²) in [5, 5.41) is 26.6. The Morgan fingerprint density at radius 1 is 0.400 bits per heavy atom. The van der Waals surface area contributed by atoms with Gasteiger partial charge in [-0.2, -0.15) is 0 Å². The van der Waals surface area contributed by atoms with E-state index in [0.29, 0.717) is 0 Å². The zero-order valence-electron chi connectivity index (χ0n) is 27.1. The molecule has 0 saturated carbocycles. The molecule has 0 atom stereocenters. The molecule has 0 aromatic rings. The molecule has 0 unspecified atom stereocenters. The molecule has 0 aliphatic carbocycles. The fourth-order valence-electron chi connectivity index (χ4n) is 3.38. The Morgan fingerprint density at radius 2 is 0.640 bits per heavy atom. The first kappa shape index (κ1) is 44.4. The molecule has 19 nitrogen and oxygen atoms in total. The van der Waals surface area contributed by atoms with Crippen LogP contribution in [0.3, 0.4) is 0 Å². The number of hydrogen-bond acceptors (Lipinski definition) is 16. The lowest BCUT2D eigenvalue weighted by Gasteiger charge is -2.35. The van der Waals surface area contributed by atoms with Crippen LogP contribution < -0.4 is 0 Å². The van der Waals surface area contributed by atoms with Gasteiger partial charge in [-0.05, 0) is 0 Å². The van der Waals surface area contributed by atoms with Gasteiger partial charge >= 0.3 is 53.7 Å². The molecule has 0 fully saturated rings. The third kappa shape index (κ3) is 20.6. The number of hydrogen-bond donors (Lipinski definition) is 3. The highest BCUT2D eigenvalue weighted by Crippen LogP contribution is 2.26. The Labute approximate surface area is 285 Å². The molecule has 0 spiro atoms. The summed E-state index contributed by atoms with van der Waals surface area (Å²) in [6.07, 6.45) is -1.09. The van der Waals surface area contributed by atoms with E-state index in [0.717, 1.165) is 18.2 Å². The lowest BCUT2D eigenvalue weighted by molar-refractivity contribution is -0.174. The molecule has 0 aromatic carbocycles. The van der Waals surface area contributed by atoms with Crippen molar-refractivity contribution in [3.05, 3.63) is 38.0 Å². The van der Waals surface area contributed by atoms with Crippen LogP contribution >= 0.6 is 0 Å². The first-order valence-corrected chi connectivity index (χ1v) is 14.6. The normalized spacial score (nSPS) is 10.8. The molecule has 0 heterocycles. The minimum atomic E-state index is -1.77. The molecule has 0 amide bonds. The summed E-state index contributed by atoms with van der Waals surface area (Å²) >= 11 is 0. The number of carbonyl (C=O) groups excluding carboxylic acids is 6. The summed E-state index contributed by atoms with van der Waals surface area (Å²) < 4.78 is 36.8. The Bertz CT molecular complexity index is 1210. The number of rotatable bonds is 28. The molecule has 278 valence electrons. The van der Waals surface area contributed by atoms with Crippen LogP contribution in [0.2, 0.25) is 0 Å². The average Bonchev–Trinajstić information content (AvgIpc) is 3.08. The number of ether oxygens (including phenoxy) is 7. The maximum atomic E-state index is 12.3. The number of aliphatic carboxylic acids is 3. The van der Waals surface area contributed by atoms with Gasteiger partial charge in [0.15, 0.2) is 0 Å². The minimum absolute atomic E-state index is 0.552. The van der Waals surface area contributed by atoms with E-state index >= 15 is 0 Å². The van der Waals surface area contributed by atoms with E-state index in [1.54, 1.807) is 0 Å². The van der Waals surface area contributed by atoms with E-state index in [4.69, 9.17) is 48.5 Å². The second kappa shape index (κ2) is 23.7. The van der Waals surface area contributed by atoms with Crippen LogP contribution in [-0.2, 0) is 76.3 Å². The monoisotopic (exact) mass is 716 g/mol. The summed E-state index contributed by atoms with van der Waals surface area (Å²) in [5.74, 6) is -9.80. The van der Waals surface area contributed by atoms with Gasteiger partial charge in [0.1, 0.15) is 39.6 Å². The topological polar surface area (TPSA) is 279 Å². The van der Waals surface area contributed by atoms with Crippen molar-refractivity contribution in [2.75, 3.05) is 52.9 Å². The Balaban J connectivity index is 6.55. The van der Waals surface area contributed by atoms with Crippen molar-refractivity contribution in [2.24, 2.45) is 10.8 Å². The summed E-state index contributed by atoms with van der Waals surface area (Å²) in [6.45, 7) is 4.42. The van der Waals surface area contributed by atoms with E-state index in [9.17, 15) is 43.2 Å². The van der Waals surface area contributed by atoms with Crippen molar-refractivity contribution >= 4 is 53.7 Å². The summed E-state index contributed by atoms with van der Waals surface area (Å²) in [6, 6.07) is 0. The van der Waals surface area contributed by atoms with Crippen LogP contribution in [0.4, 0.5) is 0 Å². The average molecular weight is 717 g/mol. The van der Waals surface area contributed by atoms with E-state index in [1.165, 1.54) is 0 Å². The van der Waals surface area contributed by atoms with Gasteiger partial charge in [0.05, 0.1) is 62.6 Å². The second-order valence-corrected chi connectivity index (χ2v) is 10.6. The third-order valence-corrected chi connectivity index (χ3v) is 6.13. The molecule has 50 heavy (non-hydrogen) atoms. The number of carbonyl (C=O) groups is 9. The number of carboxylic acids is 3. The lowest BCUT2D eigenvalue weighted by atomic mass is 9.90. The zero-order chi connectivity index (χ0) is 38.2. The van der Waals surface area contributed by atoms with Crippen LogP contribution in [0, 0.1) is 10.8 Å². The zero-order valence-corrected chi connectivity index (χ0v) is 27.1. The molecule has 0 saturated heterocycles.